The van der Waals surface area contributed by atoms with Crippen molar-refractivity contribution in [3.63, 3.8) is 0 Å². The van der Waals surface area contributed by atoms with Crippen LogP contribution < -0.4 is 5.32 Å². The fourth-order valence-corrected chi connectivity index (χ4v) is 2.72. The number of hydrogen-bond acceptors (Lipinski definition) is 3. The Hall–Kier alpha value is -1.20. The standard InChI is InChI=1S/C15H21F2NO2/c16-12-7-11(8-13(17)14(12)19)9-18-10-15(20)5-3-1-2-4-6-15/h7-8,18-20H,1-6,9-10H2. The molecule has 3 N–H and O–H groups in total. The lowest BCUT2D eigenvalue weighted by Crippen LogP contribution is -2.39. The van der Waals surface area contributed by atoms with Crippen molar-refractivity contribution in [1.82, 2.24) is 5.32 Å². The maximum Gasteiger partial charge on any atom is 0.187 e. The predicted molar refractivity (Wildman–Crippen MR) is 72.4 cm³/mol. The highest BCUT2D eigenvalue weighted by molar-refractivity contribution is 5.29. The average molecular weight is 285 g/mol. The maximum atomic E-state index is 13.2. The first-order chi connectivity index (χ1) is 9.50. The van der Waals surface area contributed by atoms with Gasteiger partial charge in [0.15, 0.2) is 17.4 Å². The second-order valence-electron chi connectivity index (χ2n) is 5.65. The van der Waals surface area contributed by atoms with Crippen LogP contribution in [0.2, 0.25) is 0 Å². The zero-order valence-electron chi connectivity index (χ0n) is 11.5. The molecule has 0 aliphatic heterocycles. The van der Waals surface area contributed by atoms with Crippen LogP contribution in [0.4, 0.5) is 8.78 Å². The second kappa shape index (κ2) is 6.50. The van der Waals surface area contributed by atoms with E-state index >= 15 is 0 Å². The van der Waals surface area contributed by atoms with E-state index in [-0.39, 0.29) is 6.54 Å². The number of rotatable bonds is 4. The molecule has 2 rings (SSSR count). The van der Waals surface area contributed by atoms with E-state index in [0.29, 0.717) is 12.1 Å². The molecule has 3 nitrogen and oxygen atoms in total. The van der Waals surface area contributed by atoms with Crippen LogP contribution in [0.1, 0.15) is 44.1 Å². The summed E-state index contributed by atoms with van der Waals surface area (Å²) in [4.78, 5) is 0. The van der Waals surface area contributed by atoms with Gasteiger partial charge in [-0.2, -0.15) is 0 Å². The van der Waals surface area contributed by atoms with Crippen molar-refractivity contribution in [2.24, 2.45) is 0 Å². The molecule has 1 aliphatic rings. The highest BCUT2D eigenvalue weighted by atomic mass is 19.1. The van der Waals surface area contributed by atoms with Gasteiger partial charge in [0, 0.05) is 13.1 Å². The molecule has 5 heteroatoms. The summed E-state index contributed by atoms with van der Waals surface area (Å²) in [5, 5.41) is 22.5. The van der Waals surface area contributed by atoms with Gasteiger partial charge in [0.2, 0.25) is 0 Å². The summed E-state index contributed by atoms with van der Waals surface area (Å²) >= 11 is 0. The highest BCUT2D eigenvalue weighted by Crippen LogP contribution is 2.26. The normalized spacial score (nSPS) is 18.8. The molecule has 20 heavy (non-hydrogen) atoms. The summed E-state index contributed by atoms with van der Waals surface area (Å²) in [5.41, 5.74) is -0.306. The van der Waals surface area contributed by atoms with Gasteiger partial charge in [0.05, 0.1) is 5.60 Å². The largest absolute Gasteiger partial charge is 0.503 e. The Bertz CT molecular complexity index is 434. The molecule has 0 unspecified atom stereocenters. The number of hydrogen-bond donors (Lipinski definition) is 3. The molecule has 1 aromatic carbocycles. The van der Waals surface area contributed by atoms with Crippen LogP contribution in [-0.2, 0) is 6.54 Å². The van der Waals surface area contributed by atoms with Crippen molar-refractivity contribution >= 4 is 0 Å². The first-order valence-corrected chi connectivity index (χ1v) is 7.10. The van der Waals surface area contributed by atoms with E-state index in [0.717, 1.165) is 50.7 Å². The lowest BCUT2D eigenvalue weighted by atomic mass is 9.94. The Kier molecular flexibility index (Phi) is 4.94. The van der Waals surface area contributed by atoms with Crippen LogP contribution >= 0.6 is 0 Å². The number of halogens is 2. The van der Waals surface area contributed by atoms with E-state index in [2.05, 4.69) is 5.32 Å². The summed E-state index contributed by atoms with van der Waals surface area (Å²) in [7, 11) is 0. The zero-order chi connectivity index (χ0) is 14.6. The lowest BCUT2D eigenvalue weighted by molar-refractivity contribution is 0.0250. The van der Waals surface area contributed by atoms with Gasteiger partial charge in [0.25, 0.3) is 0 Å². The molecule has 1 saturated carbocycles. The van der Waals surface area contributed by atoms with Crippen molar-refractivity contribution in [2.75, 3.05) is 6.54 Å². The van der Waals surface area contributed by atoms with E-state index in [9.17, 15) is 13.9 Å². The van der Waals surface area contributed by atoms with Crippen molar-refractivity contribution in [3.05, 3.63) is 29.3 Å². The second-order valence-corrected chi connectivity index (χ2v) is 5.65. The number of benzene rings is 1. The number of nitrogens with one attached hydrogen (secondary N) is 1. The van der Waals surface area contributed by atoms with E-state index in [1.165, 1.54) is 0 Å². The van der Waals surface area contributed by atoms with Gasteiger partial charge >= 0.3 is 0 Å². The van der Waals surface area contributed by atoms with Crippen molar-refractivity contribution < 1.29 is 19.0 Å². The number of phenolic OH excluding ortho intramolecular Hbond substituents is 1. The van der Waals surface area contributed by atoms with Gasteiger partial charge in [-0.25, -0.2) is 8.78 Å². The van der Waals surface area contributed by atoms with Crippen LogP contribution in [0.5, 0.6) is 5.75 Å². The minimum absolute atomic E-state index is 0.260. The molecule has 0 bridgehead atoms. The molecule has 0 spiro atoms. The molecule has 112 valence electrons. The van der Waals surface area contributed by atoms with Gasteiger partial charge in [-0.1, -0.05) is 25.7 Å². The van der Waals surface area contributed by atoms with Crippen LogP contribution in [0.15, 0.2) is 12.1 Å². The van der Waals surface area contributed by atoms with Crippen molar-refractivity contribution in [1.29, 1.82) is 0 Å². The molecule has 0 saturated heterocycles. The molecule has 0 aromatic heterocycles. The fourth-order valence-electron chi connectivity index (χ4n) is 2.72. The van der Waals surface area contributed by atoms with Gasteiger partial charge in [-0.15, -0.1) is 0 Å². The van der Waals surface area contributed by atoms with Crippen molar-refractivity contribution in [3.8, 4) is 5.75 Å². The third-order valence-corrected chi connectivity index (χ3v) is 3.89. The predicted octanol–water partition coefficient (Wildman–Crippen LogP) is 2.85. The maximum absolute atomic E-state index is 13.2. The smallest absolute Gasteiger partial charge is 0.187 e. The first kappa shape index (κ1) is 15.2. The lowest BCUT2D eigenvalue weighted by Gasteiger charge is -2.27. The van der Waals surface area contributed by atoms with Gasteiger partial charge in [-0.05, 0) is 30.5 Å². The van der Waals surface area contributed by atoms with Crippen LogP contribution in [-0.4, -0.2) is 22.4 Å². The first-order valence-electron chi connectivity index (χ1n) is 7.10. The summed E-state index contributed by atoms with van der Waals surface area (Å²) in [6, 6.07) is 2.20. The Balaban J connectivity index is 1.89. The molecule has 0 amide bonds. The van der Waals surface area contributed by atoms with E-state index in [1.807, 2.05) is 0 Å². The third-order valence-electron chi connectivity index (χ3n) is 3.89. The van der Waals surface area contributed by atoms with E-state index in [1.54, 1.807) is 0 Å². The molecular weight excluding hydrogens is 264 g/mol. The Morgan fingerprint density at radius 2 is 1.60 bits per heavy atom. The van der Waals surface area contributed by atoms with E-state index < -0.39 is 23.0 Å². The van der Waals surface area contributed by atoms with Crippen LogP contribution in [0.3, 0.4) is 0 Å². The molecule has 0 atom stereocenters. The summed E-state index contributed by atoms with van der Waals surface area (Å²) < 4.78 is 26.4. The number of aliphatic hydroxyl groups is 1. The minimum atomic E-state index is -0.963. The molecule has 1 aromatic rings. The molecule has 1 fully saturated rings. The third kappa shape index (κ3) is 3.90. The minimum Gasteiger partial charge on any atom is -0.503 e. The molecular formula is C15H21F2NO2. The van der Waals surface area contributed by atoms with Gasteiger partial charge in [-0.3, -0.25) is 0 Å². The summed E-state index contributed by atoms with van der Waals surface area (Å²) in [6.45, 7) is 0.674. The summed E-state index contributed by atoms with van der Waals surface area (Å²) in [6.07, 6.45) is 5.85. The number of aromatic hydroxyl groups is 1. The SMILES string of the molecule is Oc1c(F)cc(CNCC2(O)CCCCCC2)cc1F. The van der Waals surface area contributed by atoms with E-state index in [4.69, 9.17) is 5.11 Å². The number of phenols is 1. The van der Waals surface area contributed by atoms with Gasteiger partial charge in [0.1, 0.15) is 0 Å². The highest BCUT2D eigenvalue weighted by Gasteiger charge is 2.27. The monoisotopic (exact) mass is 285 g/mol. The zero-order valence-corrected chi connectivity index (χ0v) is 11.5. The molecule has 0 radical (unpaired) electrons. The quantitative estimate of drug-likeness (QED) is 0.746. The fraction of sp³-hybridized carbons (Fsp3) is 0.600. The average Bonchev–Trinajstić information content (AvgIpc) is 2.61. The topological polar surface area (TPSA) is 52.5 Å². The molecule has 0 heterocycles. The van der Waals surface area contributed by atoms with Crippen molar-refractivity contribution in [2.45, 2.75) is 50.7 Å². The molecule has 1 aliphatic carbocycles. The Morgan fingerprint density at radius 3 is 2.15 bits per heavy atom. The van der Waals surface area contributed by atoms with Crippen LogP contribution in [0.25, 0.3) is 0 Å². The van der Waals surface area contributed by atoms with Gasteiger partial charge < -0.3 is 15.5 Å². The summed E-state index contributed by atoms with van der Waals surface area (Å²) in [5.74, 6) is -2.87. The Labute approximate surface area is 117 Å². The van der Waals surface area contributed by atoms with Crippen LogP contribution in [0, 0.1) is 11.6 Å². The Morgan fingerprint density at radius 1 is 1.05 bits per heavy atom.